The SMILES string of the molecule is COc1cc(Cl)cc(OC)c1.COc1cc(OC)cc(B(O)O)c1. The van der Waals surface area contributed by atoms with E-state index in [0.717, 1.165) is 0 Å². The third-order valence-electron chi connectivity index (χ3n) is 2.99. The quantitative estimate of drug-likeness (QED) is 0.797. The summed E-state index contributed by atoms with van der Waals surface area (Å²) in [6.07, 6.45) is 0. The van der Waals surface area contributed by atoms with Crippen molar-refractivity contribution in [3.8, 4) is 23.0 Å². The minimum Gasteiger partial charge on any atom is -0.497 e. The van der Waals surface area contributed by atoms with Gasteiger partial charge in [0, 0.05) is 17.2 Å². The lowest BCUT2D eigenvalue weighted by molar-refractivity contribution is 0.392. The first kappa shape index (κ1) is 20.0. The standard InChI is InChI=1S/C8H11BO4.C8H9ClO2/c1-12-7-3-6(9(10)11)4-8(5-7)13-2;1-10-7-3-6(9)4-8(5-7)11-2/h3-5,10-11H,1-2H3;3-5H,1-2H3. The van der Waals surface area contributed by atoms with Crippen molar-refractivity contribution in [1.82, 2.24) is 0 Å². The van der Waals surface area contributed by atoms with Crippen molar-refractivity contribution in [3.05, 3.63) is 41.4 Å². The molecule has 24 heavy (non-hydrogen) atoms. The Morgan fingerprint density at radius 1 is 0.667 bits per heavy atom. The van der Waals surface area contributed by atoms with Gasteiger partial charge in [-0.3, -0.25) is 0 Å². The molecular formula is C16H20BClO6. The molecule has 0 aliphatic rings. The van der Waals surface area contributed by atoms with E-state index in [9.17, 15) is 0 Å². The number of rotatable bonds is 5. The maximum atomic E-state index is 8.91. The van der Waals surface area contributed by atoms with Gasteiger partial charge in [-0.25, -0.2) is 0 Å². The zero-order chi connectivity index (χ0) is 18.1. The summed E-state index contributed by atoms with van der Waals surface area (Å²) >= 11 is 5.75. The maximum Gasteiger partial charge on any atom is 0.488 e. The Balaban J connectivity index is 0.000000243. The van der Waals surface area contributed by atoms with E-state index in [2.05, 4.69) is 0 Å². The molecule has 0 fully saturated rings. The average Bonchev–Trinajstić information content (AvgIpc) is 2.60. The lowest BCUT2D eigenvalue weighted by Crippen LogP contribution is -2.29. The topological polar surface area (TPSA) is 77.4 Å². The van der Waals surface area contributed by atoms with Crippen LogP contribution >= 0.6 is 11.6 Å². The van der Waals surface area contributed by atoms with Crippen LogP contribution < -0.4 is 24.4 Å². The molecule has 0 radical (unpaired) electrons. The summed E-state index contributed by atoms with van der Waals surface area (Å²) < 4.78 is 19.8. The van der Waals surface area contributed by atoms with Gasteiger partial charge in [0.1, 0.15) is 23.0 Å². The van der Waals surface area contributed by atoms with E-state index in [0.29, 0.717) is 33.5 Å². The van der Waals surface area contributed by atoms with Gasteiger partial charge in [0.15, 0.2) is 0 Å². The Hall–Kier alpha value is -2.09. The molecule has 0 aromatic heterocycles. The molecule has 0 aliphatic heterocycles. The van der Waals surface area contributed by atoms with Gasteiger partial charge < -0.3 is 29.0 Å². The van der Waals surface area contributed by atoms with Gasteiger partial charge in [-0.05, 0) is 29.7 Å². The van der Waals surface area contributed by atoms with Crippen LogP contribution in [0.4, 0.5) is 0 Å². The number of methoxy groups -OCH3 is 4. The first-order valence-electron chi connectivity index (χ1n) is 6.91. The molecule has 0 heterocycles. The second-order valence-corrected chi connectivity index (χ2v) is 4.99. The fraction of sp³-hybridized carbons (Fsp3) is 0.250. The van der Waals surface area contributed by atoms with E-state index >= 15 is 0 Å². The Morgan fingerprint density at radius 3 is 1.29 bits per heavy atom. The predicted octanol–water partition coefficient (Wildman–Crippen LogP) is 1.74. The molecule has 0 aliphatic carbocycles. The van der Waals surface area contributed by atoms with Crippen molar-refractivity contribution in [2.75, 3.05) is 28.4 Å². The summed E-state index contributed by atoms with van der Waals surface area (Å²) in [5, 5.41) is 18.4. The molecule has 8 heteroatoms. The Kier molecular flexibility index (Phi) is 8.25. The number of ether oxygens (including phenoxy) is 4. The summed E-state index contributed by atoms with van der Waals surface area (Å²) in [5.74, 6) is 2.47. The van der Waals surface area contributed by atoms with Crippen LogP contribution in [0.3, 0.4) is 0 Å². The smallest absolute Gasteiger partial charge is 0.488 e. The van der Waals surface area contributed by atoms with Gasteiger partial charge in [-0.2, -0.15) is 0 Å². The summed E-state index contributed by atoms with van der Waals surface area (Å²) in [6, 6.07) is 9.95. The van der Waals surface area contributed by atoms with Gasteiger partial charge >= 0.3 is 7.12 Å². The zero-order valence-electron chi connectivity index (χ0n) is 13.9. The van der Waals surface area contributed by atoms with E-state index in [4.69, 9.17) is 40.6 Å². The Morgan fingerprint density at radius 2 is 1.00 bits per heavy atom. The third-order valence-corrected chi connectivity index (χ3v) is 3.21. The summed E-state index contributed by atoms with van der Waals surface area (Å²) in [6.45, 7) is 0. The molecule has 2 rings (SSSR count). The zero-order valence-corrected chi connectivity index (χ0v) is 14.7. The van der Waals surface area contributed by atoms with E-state index in [-0.39, 0.29) is 0 Å². The third kappa shape index (κ3) is 6.19. The van der Waals surface area contributed by atoms with Gasteiger partial charge in [0.25, 0.3) is 0 Å². The highest BCUT2D eigenvalue weighted by Crippen LogP contribution is 2.25. The van der Waals surface area contributed by atoms with Gasteiger partial charge in [-0.1, -0.05) is 11.6 Å². The number of benzene rings is 2. The maximum absolute atomic E-state index is 8.91. The molecule has 0 bridgehead atoms. The molecular weight excluding hydrogens is 334 g/mol. The molecule has 0 amide bonds. The van der Waals surface area contributed by atoms with E-state index in [1.807, 2.05) is 0 Å². The highest BCUT2D eigenvalue weighted by molar-refractivity contribution is 6.58. The molecule has 0 saturated heterocycles. The molecule has 0 spiro atoms. The van der Waals surface area contributed by atoms with Crippen LogP contribution in [0.2, 0.25) is 5.02 Å². The predicted molar refractivity (Wildman–Crippen MR) is 93.9 cm³/mol. The average molecular weight is 355 g/mol. The van der Waals surface area contributed by atoms with Gasteiger partial charge in [-0.15, -0.1) is 0 Å². The lowest BCUT2D eigenvalue weighted by Gasteiger charge is -2.07. The van der Waals surface area contributed by atoms with E-state index in [1.165, 1.54) is 26.4 Å². The Bertz CT molecular complexity index is 606. The molecule has 2 aromatic carbocycles. The minimum absolute atomic E-state index is 0.344. The van der Waals surface area contributed by atoms with Crippen LogP contribution in [0.5, 0.6) is 23.0 Å². The van der Waals surface area contributed by atoms with Crippen LogP contribution in [0.25, 0.3) is 0 Å². The van der Waals surface area contributed by atoms with Crippen LogP contribution in [-0.4, -0.2) is 45.6 Å². The van der Waals surface area contributed by atoms with Crippen LogP contribution in [0.15, 0.2) is 36.4 Å². The largest absolute Gasteiger partial charge is 0.497 e. The molecule has 6 nitrogen and oxygen atoms in total. The molecule has 0 atom stereocenters. The van der Waals surface area contributed by atoms with Crippen molar-refractivity contribution in [3.63, 3.8) is 0 Å². The van der Waals surface area contributed by atoms with Crippen molar-refractivity contribution < 1.29 is 29.0 Å². The fourth-order valence-corrected chi connectivity index (χ4v) is 1.97. The number of hydrogen-bond acceptors (Lipinski definition) is 6. The monoisotopic (exact) mass is 354 g/mol. The number of halogens is 1. The van der Waals surface area contributed by atoms with Gasteiger partial charge in [0.2, 0.25) is 0 Å². The molecule has 0 unspecified atom stereocenters. The molecule has 0 saturated carbocycles. The normalized spacial score (nSPS) is 9.46. The minimum atomic E-state index is -1.51. The molecule has 2 N–H and O–H groups in total. The second-order valence-electron chi connectivity index (χ2n) is 4.55. The van der Waals surface area contributed by atoms with E-state index < -0.39 is 7.12 Å². The van der Waals surface area contributed by atoms with Crippen LogP contribution in [0.1, 0.15) is 0 Å². The molecule has 130 valence electrons. The lowest BCUT2D eigenvalue weighted by atomic mass is 9.80. The van der Waals surface area contributed by atoms with Crippen molar-refractivity contribution in [1.29, 1.82) is 0 Å². The fourth-order valence-electron chi connectivity index (χ4n) is 1.75. The van der Waals surface area contributed by atoms with Crippen LogP contribution in [0, 0.1) is 0 Å². The first-order chi connectivity index (χ1) is 11.4. The van der Waals surface area contributed by atoms with Crippen molar-refractivity contribution in [2.24, 2.45) is 0 Å². The van der Waals surface area contributed by atoms with Crippen LogP contribution in [-0.2, 0) is 0 Å². The summed E-state index contributed by atoms with van der Waals surface area (Å²) in [7, 11) is 4.67. The highest BCUT2D eigenvalue weighted by Gasteiger charge is 2.13. The second kappa shape index (κ2) is 9.92. The van der Waals surface area contributed by atoms with Gasteiger partial charge in [0.05, 0.1) is 28.4 Å². The van der Waals surface area contributed by atoms with E-state index in [1.54, 1.807) is 38.5 Å². The highest BCUT2D eigenvalue weighted by atomic mass is 35.5. The summed E-state index contributed by atoms with van der Waals surface area (Å²) in [5.41, 5.74) is 0.344. The molecule has 2 aromatic rings. The summed E-state index contributed by atoms with van der Waals surface area (Å²) in [4.78, 5) is 0. The first-order valence-corrected chi connectivity index (χ1v) is 7.29. The Labute approximate surface area is 146 Å². The number of hydrogen-bond donors (Lipinski definition) is 2. The van der Waals surface area contributed by atoms with Crippen molar-refractivity contribution >= 4 is 24.2 Å². The van der Waals surface area contributed by atoms with Crippen molar-refractivity contribution in [2.45, 2.75) is 0 Å².